The van der Waals surface area contributed by atoms with Crippen molar-refractivity contribution in [3.8, 4) is 0 Å². The second-order valence-corrected chi connectivity index (χ2v) is 11.7. The average molecular weight is 415 g/mol. The van der Waals surface area contributed by atoms with Gasteiger partial charge in [0, 0.05) is 11.3 Å². The lowest BCUT2D eigenvalue weighted by atomic mass is 9.63. The van der Waals surface area contributed by atoms with Crippen molar-refractivity contribution in [2.24, 2.45) is 28.6 Å². The van der Waals surface area contributed by atoms with Crippen LogP contribution in [-0.2, 0) is 19.0 Å². The van der Waals surface area contributed by atoms with Crippen LogP contribution in [-0.4, -0.2) is 46.6 Å². The van der Waals surface area contributed by atoms with Gasteiger partial charge in [-0.2, -0.15) is 0 Å². The van der Waals surface area contributed by atoms with Crippen molar-refractivity contribution >= 4 is 5.97 Å². The maximum Gasteiger partial charge on any atom is 0.306 e. The molecule has 7 atom stereocenters. The summed E-state index contributed by atoms with van der Waals surface area (Å²) in [5.41, 5.74) is -1.18. The Morgan fingerprint density at radius 3 is 2.17 bits per heavy atom. The molecule has 2 N–H and O–H groups in total. The molecular weight excluding hydrogens is 372 g/mol. The van der Waals surface area contributed by atoms with E-state index in [1.807, 2.05) is 20.8 Å². The van der Waals surface area contributed by atoms with Crippen molar-refractivity contribution in [3.05, 3.63) is 0 Å². The lowest BCUT2D eigenvalue weighted by Crippen LogP contribution is -2.51. The first kappa shape index (κ1) is 24.6. The van der Waals surface area contributed by atoms with E-state index in [-0.39, 0.29) is 29.6 Å². The average Bonchev–Trinajstić information content (AvgIpc) is 2.70. The fourth-order valence-corrected chi connectivity index (χ4v) is 4.74. The Kier molecular flexibility index (Phi) is 7.16. The number of aliphatic hydroxyl groups is 2. The van der Waals surface area contributed by atoms with Gasteiger partial charge in [-0.15, -0.1) is 0 Å². The van der Waals surface area contributed by atoms with Crippen LogP contribution in [0.2, 0.25) is 0 Å². The Morgan fingerprint density at radius 2 is 1.69 bits per heavy atom. The van der Waals surface area contributed by atoms with Gasteiger partial charge in [0.1, 0.15) is 12.2 Å². The minimum Gasteiger partial charge on any atom is -0.459 e. The zero-order valence-electron chi connectivity index (χ0n) is 19.7. The Hall–Kier alpha value is -0.690. The maximum absolute atomic E-state index is 12.0. The highest BCUT2D eigenvalue weighted by molar-refractivity contribution is 5.71. The SMILES string of the molecule is CC(C)CC(C)(C(O)OC1C2CC(=O)OC1C(C(O)OC(C)(C)C)C2)C(C)(C)C. The van der Waals surface area contributed by atoms with Gasteiger partial charge in [-0.1, -0.05) is 41.5 Å². The van der Waals surface area contributed by atoms with Gasteiger partial charge in [0.25, 0.3) is 0 Å². The Morgan fingerprint density at radius 1 is 1.10 bits per heavy atom. The summed E-state index contributed by atoms with van der Waals surface area (Å²) in [7, 11) is 0. The van der Waals surface area contributed by atoms with Crippen molar-refractivity contribution in [3.63, 3.8) is 0 Å². The van der Waals surface area contributed by atoms with Gasteiger partial charge in [-0.05, 0) is 50.9 Å². The summed E-state index contributed by atoms with van der Waals surface area (Å²) >= 11 is 0. The summed E-state index contributed by atoms with van der Waals surface area (Å²) in [5.74, 6) is -0.343. The van der Waals surface area contributed by atoms with Crippen LogP contribution in [0.15, 0.2) is 0 Å². The molecule has 2 aliphatic rings. The van der Waals surface area contributed by atoms with Gasteiger partial charge in [0.2, 0.25) is 0 Å². The minimum absolute atomic E-state index is 0.0950. The van der Waals surface area contributed by atoms with Crippen LogP contribution in [0.4, 0.5) is 0 Å². The molecule has 1 aliphatic carbocycles. The van der Waals surface area contributed by atoms with E-state index < -0.39 is 35.8 Å². The molecule has 1 saturated carbocycles. The lowest BCUT2D eigenvalue weighted by Gasteiger charge is -2.47. The highest BCUT2D eigenvalue weighted by Gasteiger charge is 2.56. The van der Waals surface area contributed by atoms with Crippen molar-refractivity contribution in [2.75, 3.05) is 0 Å². The number of carbonyl (C=O) groups excluding carboxylic acids is 1. The third-order valence-electron chi connectivity index (χ3n) is 6.70. The van der Waals surface area contributed by atoms with E-state index in [4.69, 9.17) is 14.2 Å². The summed E-state index contributed by atoms with van der Waals surface area (Å²) < 4.78 is 17.6. The van der Waals surface area contributed by atoms with E-state index in [1.165, 1.54) is 0 Å². The summed E-state index contributed by atoms with van der Waals surface area (Å²) in [6.07, 6.45) is -1.50. The second kappa shape index (κ2) is 8.45. The highest BCUT2D eigenvalue weighted by Crippen LogP contribution is 2.50. The number of ether oxygens (including phenoxy) is 3. The summed E-state index contributed by atoms with van der Waals surface area (Å²) in [5, 5.41) is 21.8. The van der Waals surface area contributed by atoms with Crippen molar-refractivity contribution in [1.82, 2.24) is 0 Å². The van der Waals surface area contributed by atoms with E-state index in [1.54, 1.807) is 0 Å². The molecular formula is C23H42O6. The number of aliphatic hydroxyl groups excluding tert-OH is 2. The topological polar surface area (TPSA) is 85.2 Å². The molecule has 2 fully saturated rings. The predicted octanol–water partition coefficient (Wildman–Crippen LogP) is 3.87. The first-order chi connectivity index (χ1) is 13.0. The summed E-state index contributed by atoms with van der Waals surface area (Å²) in [6.45, 7) is 18.3. The summed E-state index contributed by atoms with van der Waals surface area (Å²) in [4.78, 5) is 12.0. The number of fused-ring (bicyclic) bond motifs is 2. The molecule has 0 aromatic heterocycles. The Labute approximate surface area is 176 Å². The lowest BCUT2D eigenvalue weighted by molar-refractivity contribution is -0.263. The minimum atomic E-state index is -1.05. The molecule has 0 amide bonds. The molecule has 0 radical (unpaired) electrons. The van der Waals surface area contributed by atoms with E-state index in [2.05, 4.69) is 41.5 Å². The van der Waals surface area contributed by atoms with Crippen LogP contribution in [0, 0.1) is 28.6 Å². The third kappa shape index (κ3) is 5.52. The van der Waals surface area contributed by atoms with Gasteiger partial charge < -0.3 is 24.4 Å². The number of carbonyl (C=O) groups is 1. The molecule has 2 bridgehead atoms. The third-order valence-corrected chi connectivity index (χ3v) is 6.70. The van der Waals surface area contributed by atoms with Gasteiger partial charge >= 0.3 is 5.97 Å². The van der Waals surface area contributed by atoms with Gasteiger partial charge in [-0.3, -0.25) is 4.79 Å². The van der Waals surface area contributed by atoms with Gasteiger partial charge in [0.15, 0.2) is 12.6 Å². The first-order valence-electron chi connectivity index (χ1n) is 10.9. The number of hydrogen-bond acceptors (Lipinski definition) is 6. The Balaban J connectivity index is 2.22. The molecule has 29 heavy (non-hydrogen) atoms. The molecule has 6 heteroatoms. The predicted molar refractivity (Wildman–Crippen MR) is 111 cm³/mol. The van der Waals surface area contributed by atoms with E-state index in [9.17, 15) is 15.0 Å². The molecule has 170 valence electrons. The Bertz CT molecular complexity index is 575. The van der Waals surface area contributed by atoms with Crippen LogP contribution in [0.1, 0.15) is 81.6 Å². The molecule has 0 aromatic rings. The fourth-order valence-electron chi connectivity index (χ4n) is 4.74. The molecule has 0 spiro atoms. The number of hydrogen-bond donors (Lipinski definition) is 2. The normalized spacial score (nSPS) is 32.1. The number of rotatable bonds is 7. The highest BCUT2D eigenvalue weighted by atomic mass is 16.6. The zero-order valence-corrected chi connectivity index (χ0v) is 19.7. The van der Waals surface area contributed by atoms with Crippen molar-refractivity contribution in [1.29, 1.82) is 0 Å². The molecule has 2 rings (SSSR count). The van der Waals surface area contributed by atoms with E-state index in [0.29, 0.717) is 12.3 Å². The van der Waals surface area contributed by atoms with Crippen LogP contribution < -0.4 is 0 Å². The largest absolute Gasteiger partial charge is 0.459 e. The smallest absolute Gasteiger partial charge is 0.306 e. The monoisotopic (exact) mass is 414 g/mol. The zero-order chi connectivity index (χ0) is 22.4. The summed E-state index contributed by atoms with van der Waals surface area (Å²) in [6, 6.07) is 0. The van der Waals surface area contributed by atoms with E-state index >= 15 is 0 Å². The second-order valence-electron chi connectivity index (χ2n) is 11.7. The fraction of sp³-hybridized carbons (Fsp3) is 0.957. The number of esters is 1. The molecule has 0 aromatic carbocycles. The van der Waals surface area contributed by atoms with E-state index in [0.717, 1.165) is 6.42 Å². The molecule has 1 saturated heterocycles. The van der Waals surface area contributed by atoms with Gasteiger partial charge in [0.05, 0.1) is 12.0 Å². The van der Waals surface area contributed by atoms with Gasteiger partial charge in [-0.25, -0.2) is 0 Å². The quantitative estimate of drug-likeness (QED) is 0.486. The molecule has 7 unspecified atom stereocenters. The molecule has 6 nitrogen and oxygen atoms in total. The standard InChI is InChI=1S/C23H42O6/c1-13(2)12-23(9,21(3,4)5)20(26)28-17-14-10-15(18(17)27-16(24)11-14)19(25)29-22(6,7)8/h13-15,17-20,25-26H,10-12H2,1-9H3. The van der Waals surface area contributed by atoms with Crippen LogP contribution in [0.3, 0.4) is 0 Å². The maximum atomic E-state index is 12.0. The first-order valence-corrected chi connectivity index (χ1v) is 10.9. The van der Waals surface area contributed by atoms with Crippen LogP contribution >= 0.6 is 0 Å². The van der Waals surface area contributed by atoms with Crippen LogP contribution in [0.25, 0.3) is 0 Å². The molecule has 1 heterocycles. The van der Waals surface area contributed by atoms with Crippen molar-refractivity contribution in [2.45, 2.75) is 112 Å². The van der Waals surface area contributed by atoms with Crippen LogP contribution in [0.5, 0.6) is 0 Å². The molecule has 1 aliphatic heterocycles. The van der Waals surface area contributed by atoms with Crippen molar-refractivity contribution < 1.29 is 29.2 Å².